The molecule has 0 radical (unpaired) electrons. The van der Waals surface area contributed by atoms with Crippen LogP contribution in [-0.2, 0) is 7.05 Å². The van der Waals surface area contributed by atoms with Crippen LogP contribution in [0.5, 0.6) is 0 Å². The maximum atomic E-state index is 2.36. The molecule has 0 amide bonds. The Morgan fingerprint density at radius 3 is 1.23 bits per heavy atom. The molecule has 0 unspecified atom stereocenters. The number of hydrogen-bond donors (Lipinski definition) is 0. The molecule has 0 fully saturated rings. The third-order valence-corrected chi connectivity index (χ3v) is 8.87. The van der Waals surface area contributed by atoms with Crippen molar-refractivity contribution in [1.29, 1.82) is 0 Å². The second kappa shape index (κ2) is 10.9. The second-order valence-electron chi connectivity index (χ2n) is 11.4. The molecule has 0 aliphatic heterocycles. The summed E-state index contributed by atoms with van der Waals surface area (Å²) in [6, 6.07) is 60.8. The van der Waals surface area contributed by atoms with Gasteiger partial charge in [-0.05, 0) is 78.8 Å². The number of aromatic nitrogens is 1. The number of rotatable bonds is 2. The molecule has 1 nitrogen and oxygen atoms in total. The van der Waals surface area contributed by atoms with Crippen LogP contribution in [0.2, 0.25) is 0 Å². The summed E-state index contributed by atoms with van der Waals surface area (Å²) in [6.45, 7) is 0. The third-order valence-electron chi connectivity index (χ3n) is 8.87. The summed E-state index contributed by atoms with van der Waals surface area (Å²) >= 11 is 0. The molecule has 8 aromatic carbocycles. The van der Waals surface area contributed by atoms with Gasteiger partial charge in [0.15, 0.2) is 0 Å². The standard InChI is InChI=1S/C30H20.C13H11N/c1-2-9-21(10-3-1)22-11-8-12-23(19-22)24-17-18-29-27-15-5-4-13-25(27)26-14-6-7-16-28(26)30(29)20-24;1-14-12-8-4-2-6-10(12)11-7-3-5-9-13(11)14/h1-20H;2-9H,1H3. The molecule has 0 saturated carbocycles. The zero-order valence-corrected chi connectivity index (χ0v) is 24.6. The van der Waals surface area contributed by atoms with Gasteiger partial charge in [-0.1, -0.05) is 146 Å². The topological polar surface area (TPSA) is 4.93 Å². The van der Waals surface area contributed by atoms with E-state index in [4.69, 9.17) is 0 Å². The van der Waals surface area contributed by atoms with Crippen LogP contribution in [-0.4, -0.2) is 4.57 Å². The molecule has 0 N–H and O–H groups in total. The Morgan fingerprint density at radius 2 is 0.659 bits per heavy atom. The molecule has 1 heteroatoms. The van der Waals surface area contributed by atoms with Crippen molar-refractivity contribution in [1.82, 2.24) is 4.57 Å². The average molecular weight is 562 g/mol. The van der Waals surface area contributed by atoms with E-state index >= 15 is 0 Å². The van der Waals surface area contributed by atoms with Gasteiger partial charge in [0, 0.05) is 28.9 Å². The van der Waals surface area contributed by atoms with Gasteiger partial charge in [-0.3, -0.25) is 0 Å². The van der Waals surface area contributed by atoms with Crippen LogP contribution in [0.3, 0.4) is 0 Å². The Bertz CT molecular complexity index is 2360. The normalized spacial score (nSPS) is 11.3. The van der Waals surface area contributed by atoms with Crippen LogP contribution in [0.4, 0.5) is 0 Å². The van der Waals surface area contributed by atoms with Gasteiger partial charge in [-0.2, -0.15) is 0 Å². The summed E-state index contributed by atoms with van der Waals surface area (Å²) < 4.78 is 2.24. The zero-order valence-electron chi connectivity index (χ0n) is 24.6. The van der Waals surface area contributed by atoms with Crippen LogP contribution < -0.4 is 0 Å². The minimum absolute atomic E-state index is 1.25. The first-order chi connectivity index (χ1) is 21.8. The quantitative estimate of drug-likeness (QED) is 0.185. The summed E-state index contributed by atoms with van der Waals surface area (Å²) in [7, 11) is 2.12. The largest absolute Gasteiger partial charge is 0.344 e. The molecule has 1 aromatic heterocycles. The second-order valence-corrected chi connectivity index (χ2v) is 11.4. The lowest BCUT2D eigenvalue weighted by molar-refractivity contribution is 1.01. The van der Waals surface area contributed by atoms with Crippen molar-refractivity contribution in [2.45, 2.75) is 0 Å². The molecule has 1 heterocycles. The third kappa shape index (κ3) is 4.42. The van der Waals surface area contributed by atoms with E-state index in [-0.39, 0.29) is 0 Å². The molecule has 0 bridgehead atoms. The summed E-state index contributed by atoms with van der Waals surface area (Å²) in [5.74, 6) is 0. The lowest BCUT2D eigenvalue weighted by Gasteiger charge is -2.12. The van der Waals surface area contributed by atoms with Crippen molar-refractivity contribution in [2.75, 3.05) is 0 Å². The molecule has 0 aliphatic carbocycles. The summed E-state index contributed by atoms with van der Waals surface area (Å²) in [5, 5.41) is 10.6. The van der Waals surface area contributed by atoms with Crippen molar-refractivity contribution in [3.05, 3.63) is 170 Å². The highest BCUT2D eigenvalue weighted by atomic mass is 14.9. The van der Waals surface area contributed by atoms with Crippen molar-refractivity contribution >= 4 is 54.1 Å². The Morgan fingerprint density at radius 1 is 0.273 bits per heavy atom. The number of hydrogen-bond acceptors (Lipinski definition) is 0. The molecular formula is C43H31N. The van der Waals surface area contributed by atoms with Gasteiger partial charge in [-0.15, -0.1) is 0 Å². The van der Waals surface area contributed by atoms with E-state index in [1.165, 1.54) is 76.4 Å². The van der Waals surface area contributed by atoms with Crippen LogP contribution in [0.1, 0.15) is 0 Å². The summed E-state index contributed by atoms with van der Waals surface area (Å²) in [5.41, 5.74) is 7.59. The first-order valence-electron chi connectivity index (χ1n) is 15.2. The molecule has 0 atom stereocenters. The van der Waals surface area contributed by atoms with Crippen molar-refractivity contribution in [2.24, 2.45) is 7.05 Å². The zero-order chi connectivity index (χ0) is 29.5. The SMILES string of the molecule is Cn1c2ccccc2c2ccccc21.c1ccc(-c2cccc(-c3ccc4c5ccccc5c5ccccc5c4c3)c2)cc1. The fourth-order valence-electron chi connectivity index (χ4n) is 6.71. The molecule has 0 aliphatic rings. The van der Waals surface area contributed by atoms with Crippen LogP contribution in [0.15, 0.2) is 170 Å². The lowest BCUT2D eigenvalue weighted by Crippen LogP contribution is -1.85. The van der Waals surface area contributed by atoms with Gasteiger partial charge >= 0.3 is 0 Å². The van der Waals surface area contributed by atoms with E-state index in [1.807, 2.05) is 0 Å². The van der Waals surface area contributed by atoms with E-state index in [9.17, 15) is 0 Å². The van der Waals surface area contributed by atoms with Crippen molar-refractivity contribution in [3.8, 4) is 22.3 Å². The smallest absolute Gasteiger partial charge is 0.0488 e. The first kappa shape index (κ1) is 26.0. The Labute approximate surface area is 257 Å². The van der Waals surface area contributed by atoms with Gasteiger partial charge in [-0.25, -0.2) is 0 Å². The molecule has 44 heavy (non-hydrogen) atoms. The highest BCUT2D eigenvalue weighted by Crippen LogP contribution is 2.37. The molecule has 208 valence electrons. The number of para-hydroxylation sites is 2. The highest BCUT2D eigenvalue weighted by Gasteiger charge is 2.10. The van der Waals surface area contributed by atoms with E-state index < -0.39 is 0 Å². The minimum atomic E-state index is 1.25. The predicted molar refractivity (Wildman–Crippen MR) is 190 cm³/mol. The number of benzene rings is 8. The van der Waals surface area contributed by atoms with Crippen molar-refractivity contribution in [3.63, 3.8) is 0 Å². The van der Waals surface area contributed by atoms with E-state index in [2.05, 4.69) is 181 Å². The van der Waals surface area contributed by atoms with Crippen LogP contribution in [0, 0.1) is 0 Å². The van der Waals surface area contributed by atoms with Gasteiger partial charge in [0.2, 0.25) is 0 Å². The van der Waals surface area contributed by atoms with Crippen molar-refractivity contribution < 1.29 is 0 Å². The molecule has 0 saturated heterocycles. The van der Waals surface area contributed by atoms with Crippen LogP contribution in [0.25, 0.3) is 76.4 Å². The lowest BCUT2D eigenvalue weighted by atomic mass is 9.91. The molecule has 9 aromatic rings. The predicted octanol–water partition coefficient (Wildman–Crippen LogP) is 11.8. The fraction of sp³-hybridized carbons (Fsp3) is 0.0233. The number of aryl methyl sites for hydroxylation is 1. The van der Waals surface area contributed by atoms with E-state index in [0.29, 0.717) is 0 Å². The molecule has 0 spiro atoms. The summed E-state index contributed by atoms with van der Waals surface area (Å²) in [6.07, 6.45) is 0. The molecular weight excluding hydrogens is 530 g/mol. The highest BCUT2D eigenvalue weighted by molar-refractivity contribution is 6.25. The first-order valence-corrected chi connectivity index (χ1v) is 15.2. The number of nitrogens with zero attached hydrogens (tertiary/aromatic N) is 1. The fourth-order valence-corrected chi connectivity index (χ4v) is 6.71. The maximum absolute atomic E-state index is 2.36. The number of fused-ring (bicyclic) bond motifs is 9. The Hall–Kier alpha value is -5.66. The Kier molecular flexibility index (Phi) is 6.43. The van der Waals surface area contributed by atoms with Gasteiger partial charge in [0.05, 0.1) is 0 Å². The molecule has 9 rings (SSSR count). The summed E-state index contributed by atoms with van der Waals surface area (Å²) in [4.78, 5) is 0. The van der Waals surface area contributed by atoms with Gasteiger partial charge in [0.1, 0.15) is 0 Å². The van der Waals surface area contributed by atoms with Crippen LogP contribution >= 0.6 is 0 Å². The minimum Gasteiger partial charge on any atom is -0.344 e. The van der Waals surface area contributed by atoms with E-state index in [1.54, 1.807) is 0 Å². The van der Waals surface area contributed by atoms with E-state index in [0.717, 1.165) is 0 Å². The maximum Gasteiger partial charge on any atom is 0.0488 e. The van der Waals surface area contributed by atoms with Gasteiger partial charge < -0.3 is 4.57 Å². The Balaban J connectivity index is 0.000000172. The monoisotopic (exact) mass is 561 g/mol. The van der Waals surface area contributed by atoms with Gasteiger partial charge in [0.25, 0.3) is 0 Å². The average Bonchev–Trinajstić information content (AvgIpc) is 3.40.